The fourth-order valence-corrected chi connectivity index (χ4v) is 9.12. The number of para-hydroxylation sites is 3. The van der Waals surface area contributed by atoms with E-state index in [1.165, 1.54) is 47.2 Å². The van der Waals surface area contributed by atoms with Crippen molar-refractivity contribution >= 4 is 103 Å². The first-order valence-corrected chi connectivity index (χ1v) is 17.7. The second-order valence-corrected chi connectivity index (χ2v) is 14.0. The highest BCUT2D eigenvalue weighted by Gasteiger charge is 2.24. The van der Waals surface area contributed by atoms with Crippen molar-refractivity contribution < 1.29 is 4.42 Å². The number of aromatic nitrogens is 1. The lowest BCUT2D eigenvalue weighted by atomic mass is 10.0. The largest absolute Gasteiger partial charge is 0.456 e. The van der Waals surface area contributed by atoms with Crippen LogP contribution in [0.15, 0.2) is 174 Å². The van der Waals surface area contributed by atoms with Crippen LogP contribution < -0.4 is 4.90 Å². The Balaban J connectivity index is 1.25. The monoisotopic (exact) mass is 656 g/mol. The predicted molar refractivity (Wildman–Crippen MR) is 213 cm³/mol. The average molecular weight is 657 g/mol. The quantitative estimate of drug-likeness (QED) is 0.188. The Kier molecular flexibility index (Phi) is 5.83. The number of anilines is 3. The highest BCUT2D eigenvalue weighted by molar-refractivity contribution is 7.25. The van der Waals surface area contributed by atoms with Crippen molar-refractivity contribution in [2.24, 2.45) is 0 Å². The zero-order valence-corrected chi connectivity index (χ0v) is 27.7. The highest BCUT2D eigenvalue weighted by Crippen LogP contribution is 2.48. The van der Waals surface area contributed by atoms with Crippen LogP contribution in [0.5, 0.6) is 0 Å². The number of rotatable bonds is 4. The molecule has 0 aliphatic carbocycles. The zero-order chi connectivity index (χ0) is 32.8. The third-order valence-corrected chi connectivity index (χ3v) is 11.3. The van der Waals surface area contributed by atoms with Crippen molar-refractivity contribution in [2.45, 2.75) is 0 Å². The van der Waals surface area contributed by atoms with E-state index < -0.39 is 0 Å². The van der Waals surface area contributed by atoms with Gasteiger partial charge in [0, 0.05) is 47.7 Å². The van der Waals surface area contributed by atoms with Crippen LogP contribution in [-0.4, -0.2) is 4.57 Å². The zero-order valence-electron chi connectivity index (χ0n) is 26.9. The second kappa shape index (κ2) is 10.6. The first-order valence-electron chi connectivity index (χ1n) is 16.9. The normalized spacial score (nSPS) is 12.0. The summed E-state index contributed by atoms with van der Waals surface area (Å²) in [6.07, 6.45) is 0. The maximum atomic E-state index is 6.46. The molecule has 4 heteroatoms. The Morgan fingerprint density at radius 2 is 1.14 bits per heavy atom. The third-order valence-electron chi connectivity index (χ3n) is 10.1. The molecule has 234 valence electrons. The lowest BCUT2D eigenvalue weighted by Gasteiger charge is -2.27. The minimum atomic E-state index is 0.875. The molecule has 11 aromatic rings. The van der Waals surface area contributed by atoms with Gasteiger partial charge in [0.2, 0.25) is 0 Å². The van der Waals surface area contributed by atoms with Crippen molar-refractivity contribution in [1.29, 1.82) is 0 Å². The first kappa shape index (κ1) is 27.6. The van der Waals surface area contributed by atoms with E-state index in [0.717, 1.165) is 50.2 Å². The lowest BCUT2D eigenvalue weighted by Crippen LogP contribution is -2.11. The number of benzene rings is 8. The summed E-state index contributed by atoms with van der Waals surface area (Å²) in [6.45, 7) is 0. The maximum absolute atomic E-state index is 6.46. The van der Waals surface area contributed by atoms with E-state index in [2.05, 4.69) is 173 Å². The molecule has 0 radical (unpaired) electrons. The topological polar surface area (TPSA) is 21.3 Å². The van der Waals surface area contributed by atoms with Gasteiger partial charge in [-0.25, -0.2) is 0 Å². The van der Waals surface area contributed by atoms with E-state index in [9.17, 15) is 0 Å². The molecule has 0 fully saturated rings. The van der Waals surface area contributed by atoms with Crippen molar-refractivity contribution in [3.63, 3.8) is 0 Å². The minimum Gasteiger partial charge on any atom is -0.456 e. The van der Waals surface area contributed by atoms with Crippen LogP contribution in [0.25, 0.3) is 80.4 Å². The van der Waals surface area contributed by atoms with Gasteiger partial charge < -0.3 is 13.9 Å². The van der Waals surface area contributed by atoms with Gasteiger partial charge in [-0.3, -0.25) is 0 Å². The van der Waals surface area contributed by atoms with Crippen LogP contribution in [0.3, 0.4) is 0 Å². The smallest absolute Gasteiger partial charge is 0.137 e. The van der Waals surface area contributed by atoms with Crippen LogP contribution in [0.4, 0.5) is 17.1 Å². The van der Waals surface area contributed by atoms with Gasteiger partial charge in [-0.1, -0.05) is 91.0 Å². The first-order chi connectivity index (χ1) is 24.8. The van der Waals surface area contributed by atoms with Gasteiger partial charge >= 0.3 is 0 Å². The maximum Gasteiger partial charge on any atom is 0.137 e. The molecular formula is C46H28N2OS. The van der Waals surface area contributed by atoms with Gasteiger partial charge in [0.15, 0.2) is 0 Å². The van der Waals surface area contributed by atoms with Gasteiger partial charge in [-0.2, -0.15) is 0 Å². The Morgan fingerprint density at radius 3 is 2.04 bits per heavy atom. The fourth-order valence-electron chi connectivity index (χ4n) is 7.99. The molecule has 0 bridgehead atoms. The van der Waals surface area contributed by atoms with Gasteiger partial charge in [0.25, 0.3) is 0 Å². The number of nitrogens with zero attached hydrogens (tertiary/aromatic N) is 2. The molecule has 3 nitrogen and oxygen atoms in total. The van der Waals surface area contributed by atoms with Crippen molar-refractivity contribution in [3.8, 4) is 5.69 Å². The molecule has 0 aliphatic heterocycles. The van der Waals surface area contributed by atoms with E-state index in [0.29, 0.717) is 0 Å². The Labute approximate surface area is 291 Å². The number of hydrogen-bond acceptors (Lipinski definition) is 3. The van der Waals surface area contributed by atoms with Crippen molar-refractivity contribution in [3.05, 3.63) is 170 Å². The molecule has 11 rings (SSSR count). The molecule has 3 aromatic heterocycles. The Bertz CT molecular complexity index is 3110. The molecule has 50 heavy (non-hydrogen) atoms. The molecule has 0 atom stereocenters. The summed E-state index contributed by atoms with van der Waals surface area (Å²) in [6, 6.07) is 61.3. The summed E-state index contributed by atoms with van der Waals surface area (Å²) < 4.78 is 11.5. The van der Waals surface area contributed by atoms with Gasteiger partial charge in [-0.15, -0.1) is 11.3 Å². The van der Waals surface area contributed by atoms with Gasteiger partial charge in [0.05, 0.1) is 27.8 Å². The Morgan fingerprint density at radius 1 is 0.440 bits per heavy atom. The van der Waals surface area contributed by atoms with E-state index in [1.807, 2.05) is 17.4 Å². The summed E-state index contributed by atoms with van der Waals surface area (Å²) in [5.41, 5.74) is 8.54. The van der Waals surface area contributed by atoms with E-state index in [4.69, 9.17) is 4.42 Å². The molecule has 0 saturated heterocycles. The van der Waals surface area contributed by atoms with Gasteiger partial charge in [-0.05, 0) is 89.6 Å². The van der Waals surface area contributed by atoms with E-state index >= 15 is 0 Å². The molecule has 8 aromatic carbocycles. The van der Waals surface area contributed by atoms with Crippen LogP contribution in [0.2, 0.25) is 0 Å². The summed E-state index contributed by atoms with van der Waals surface area (Å²) in [5.74, 6) is 0. The predicted octanol–water partition coefficient (Wildman–Crippen LogP) is 13.7. The molecule has 0 N–H and O–H groups in total. The minimum absolute atomic E-state index is 0.875. The van der Waals surface area contributed by atoms with Crippen LogP contribution >= 0.6 is 11.3 Å². The van der Waals surface area contributed by atoms with E-state index in [1.54, 1.807) is 0 Å². The second-order valence-electron chi connectivity index (χ2n) is 12.9. The van der Waals surface area contributed by atoms with Crippen LogP contribution in [-0.2, 0) is 0 Å². The average Bonchev–Trinajstić information content (AvgIpc) is 3.84. The molecular weight excluding hydrogens is 629 g/mol. The molecule has 0 unspecified atom stereocenters. The molecule has 3 heterocycles. The van der Waals surface area contributed by atoms with Crippen LogP contribution in [0, 0.1) is 0 Å². The van der Waals surface area contributed by atoms with E-state index in [-0.39, 0.29) is 0 Å². The molecule has 0 aliphatic rings. The number of thiophene rings is 1. The summed E-state index contributed by atoms with van der Waals surface area (Å²) in [4.78, 5) is 2.45. The molecule has 0 saturated carbocycles. The lowest BCUT2D eigenvalue weighted by molar-refractivity contribution is 0.669. The van der Waals surface area contributed by atoms with Gasteiger partial charge in [0.1, 0.15) is 11.2 Å². The van der Waals surface area contributed by atoms with Crippen molar-refractivity contribution in [2.75, 3.05) is 4.90 Å². The molecule has 0 amide bonds. The summed E-state index contributed by atoms with van der Waals surface area (Å²) in [5, 5.41) is 9.69. The number of hydrogen-bond donors (Lipinski definition) is 0. The number of fused-ring (bicyclic) bond motifs is 10. The van der Waals surface area contributed by atoms with Crippen LogP contribution in [0.1, 0.15) is 0 Å². The highest BCUT2D eigenvalue weighted by atomic mass is 32.1. The Hall–Kier alpha value is -6.36. The SMILES string of the molecule is c1ccc(-n2c3ccccc3c3c(N(c4ccc5cc6sc7ccccc7c6cc5c4)c4cccc5oc6ccccc6c45)cccc32)cc1. The standard InChI is InChI=1S/C46H28N2OS/c1-2-12-31(13-3-1)47-37-17-7-4-15-34(37)45-38(47)18-10-19-39(45)48(40-20-11-22-42-46(40)35-16-5-8-21-41(35)49-42)32-25-24-29-28-44-36(27-30(29)26-32)33-14-6-9-23-43(33)50-44/h1-28H. The van der Waals surface area contributed by atoms with Crippen molar-refractivity contribution in [1.82, 2.24) is 4.57 Å². The number of furan rings is 1. The summed E-state index contributed by atoms with van der Waals surface area (Å²) in [7, 11) is 0. The summed E-state index contributed by atoms with van der Waals surface area (Å²) >= 11 is 1.86. The fraction of sp³-hybridized carbons (Fsp3) is 0. The molecule has 0 spiro atoms. The third kappa shape index (κ3) is 3.97.